The molecular formula is C17H18FNO2. The second-order valence-corrected chi connectivity index (χ2v) is 5.41. The first-order valence-electron chi connectivity index (χ1n) is 7.12. The third-order valence-corrected chi connectivity index (χ3v) is 3.42. The van der Waals surface area contributed by atoms with E-state index in [1.165, 1.54) is 25.0 Å². The van der Waals surface area contributed by atoms with Crippen LogP contribution in [0.15, 0.2) is 42.5 Å². The Labute approximate surface area is 123 Å². The lowest BCUT2D eigenvalue weighted by atomic mass is 10.2. The zero-order chi connectivity index (χ0) is 14.7. The van der Waals surface area contributed by atoms with Crippen LogP contribution in [0.3, 0.4) is 0 Å². The van der Waals surface area contributed by atoms with E-state index in [4.69, 9.17) is 4.74 Å². The molecular weight excluding hydrogens is 269 g/mol. The van der Waals surface area contributed by atoms with Gasteiger partial charge in [0, 0.05) is 18.7 Å². The van der Waals surface area contributed by atoms with Crippen molar-refractivity contribution in [1.82, 2.24) is 5.32 Å². The first kappa shape index (κ1) is 13.9. The number of hydrogen-bond donors (Lipinski definition) is 2. The van der Waals surface area contributed by atoms with Gasteiger partial charge >= 0.3 is 0 Å². The Bertz CT molecular complexity index is 626. The number of aromatic hydroxyl groups is 1. The summed E-state index contributed by atoms with van der Waals surface area (Å²) < 4.78 is 19.2. The topological polar surface area (TPSA) is 41.5 Å². The number of benzene rings is 2. The molecule has 0 spiro atoms. The average molecular weight is 287 g/mol. The summed E-state index contributed by atoms with van der Waals surface area (Å²) in [6.45, 7) is 0.957. The van der Waals surface area contributed by atoms with Crippen molar-refractivity contribution in [2.24, 2.45) is 0 Å². The number of hydrogen-bond acceptors (Lipinski definition) is 3. The largest absolute Gasteiger partial charge is 0.508 e. The van der Waals surface area contributed by atoms with Crippen molar-refractivity contribution in [2.75, 3.05) is 0 Å². The van der Waals surface area contributed by atoms with Gasteiger partial charge in [0.15, 0.2) is 0 Å². The molecule has 0 atom stereocenters. The highest BCUT2D eigenvalue weighted by molar-refractivity contribution is 5.31. The van der Waals surface area contributed by atoms with E-state index < -0.39 is 0 Å². The van der Waals surface area contributed by atoms with Gasteiger partial charge in [-0.25, -0.2) is 4.39 Å². The normalized spacial score (nSPS) is 14.1. The fourth-order valence-corrected chi connectivity index (χ4v) is 2.17. The van der Waals surface area contributed by atoms with Crippen LogP contribution in [0, 0.1) is 5.82 Å². The summed E-state index contributed by atoms with van der Waals surface area (Å²) in [5, 5.41) is 12.8. The monoisotopic (exact) mass is 287 g/mol. The Morgan fingerprint density at radius 3 is 2.76 bits per heavy atom. The summed E-state index contributed by atoms with van der Waals surface area (Å²) in [7, 11) is 0. The van der Waals surface area contributed by atoms with E-state index in [1.54, 1.807) is 18.2 Å². The number of ether oxygens (including phenoxy) is 1. The molecule has 110 valence electrons. The molecule has 2 aromatic rings. The molecule has 1 fully saturated rings. The van der Waals surface area contributed by atoms with Crippen LogP contribution in [-0.4, -0.2) is 11.1 Å². The predicted octanol–water partition coefficient (Wildman–Crippen LogP) is 3.36. The van der Waals surface area contributed by atoms with Crippen molar-refractivity contribution in [3.8, 4) is 11.5 Å². The lowest BCUT2D eigenvalue weighted by Gasteiger charge is -2.10. The van der Waals surface area contributed by atoms with Gasteiger partial charge in [0.25, 0.3) is 0 Å². The van der Waals surface area contributed by atoms with Gasteiger partial charge in [0.2, 0.25) is 0 Å². The second kappa shape index (κ2) is 6.14. The molecule has 2 N–H and O–H groups in total. The summed E-state index contributed by atoms with van der Waals surface area (Å²) in [6.07, 6.45) is 2.41. The van der Waals surface area contributed by atoms with Crippen LogP contribution in [0.5, 0.6) is 11.5 Å². The van der Waals surface area contributed by atoms with Gasteiger partial charge in [-0.1, -0.05) is 12.1 Å². The van der Waals surface area contributed by atoms with Gasteiger partial charge in [-0.15, -0.1) is 0 Å². The van der Waals surface area contributed by atoms with E-state index in [-0.39, 0.29) is 11.6 Å². The molecule has 0 bridgehead atoms. The van der Waals surface area contributed by atoms with Crippen molar-refractivity contribution < 1.29 is 14.2 Å². The molecule has 21 heavy (non-hydrogen) atoms. The van der Waals surface area contributed by atoms with E-state index in [0.29, 0.717) is 24.9 Å². The van der Waals surface area contributed by atoms with Crippen LogP contribution in [0.2, 0.25) is 0 Å². The van der Waals surface area contributed by atoms with Gasteiger partial charge in [-0.05, 0) is 48.2 Å². The number of nitrogens with one attached hydrogen (secondary N) is 1. The Kier molecular flexibility index (Phi) is 4.06. The smallest absolute Gasteiger partial charge is 0.127 e. The maximum atomic E-state index is 13.6. The first-order chi connectivity index (χ1) is 10.2. The van der Waals surface area contributed by atoms with Gasteiger partial charge in [-0.2, -0.15) is 0 Å². The average Bonchev–Trinajstić information content (AvgIpc) is 3.27. The van der Waals surface area contributed by atoms with Crippen molar-refractivity contribution in [3.63, 3.8) is 0 Å². The molecule has 3 rings (SSSR count). The summed E-state index contributed by atoms with van der Waals surface area (Å²) >= 11 is 0. The number of phenolic OH excluding ortho intramolecular Hbond substituents is 1. The van der Waals surface area contributed by atoms with E-state index >= 15 is 0 Å². The molecule has 2 aromatic carbocycles. The summed E-state index contributed by atoms with van der Waals surface area (Å²) in [5.74, 6) is 0.409. The minimum atomic E-state index is -0.295. The minimum Gasteiger partial charge on any atom is -0.508 e. The molecule has 0 saturated heterocycles. The van der Waals surface area contributed by atoms with Crippen LogP contribution in [0.4, 0.5) is 4.39 Å². The van der Waals surface area contributed by atoms with Gasteiger partial charge in [-0.3, -0.25) is 0 Å². The highest BCUT2D eigenvalue weighted by Gasteiger charge is 2.20. The predicted molar refractivity (Wildman–Crippen MR) is 78.7 cm³/mol. The third kappa shape index (κ3) is 4.20. The minimum absolute atomic E-state index is 0.199. The molecule has 0 unspecified atom stereocenters. The Hall–Kier alpha value is -2.07. The number of phenols is 1. The number of rotatable bonds is 6. The van der Waals surface area contributed by atoms with Gasteiger partial charge in [0.05, 0.1) is 0 Å². The Morgan fingerprint density at radius 2 is 2.00 bits per heavy atom. The summed E-state index contributed by atoms with van der Waals surface area (Å²) in [6, 6.07) is 12.2. The molecule has 3 nitrogen and oxygen atoms in total. The number of halogens is 1. The van der Waals surface area contributed by atoms with Gasteiger partial charge < -0.3 is 15.2 Å². The molecule has 4 heteroatoms. The molecule has 0 radical (unpaired) electrons. The SMILES string of the molecule is Oc1cccc(COc2cc(F)cc(CNC3CC3)c2)c1. The van der Waals surface area contributed by atoms with Crippen LogP contribution in [0.25, 0.3) is 0 Å². The van der Waals surface area contributed by atoms with Crippen molar-refractivity contribution in [2.45, 2.75) is 32.0 Å². The molecule has 1 aliphatic rings. The third-order valence-electron chi connectivity index (χ3n) is 3.42. The van der Waals surface area contributed by atoms with Crippen LogP contribution >= 0.6 is 0 Å². The fourth-order valence-electron chi connectivity index (χ4n) is 2.17. The molecule has 0 aliphatic heterocycles. The van der Waals surface area contributed by atoms with E-state index in [0.717, 1.165) is 11.1 Å². The van der Waals surface area contributed by atoms with Crippen molar-refractivity contribution >= 4 is 0 Å². The molecule has 1 aliphatic carbocycles. The van der Waals surface area contributed by atoms with Crippen LogP contribution in [0.1, 0.15) is 24.0 Å². The van der Waals surface area contributed by atoms with Gasteiger partial charge in [0.1, 0.15) is 23.9 Å². The second-order valence-electron chi connectivity index (χ2n) is 5.41. The zero-order valence-corrected chi connectivity index (χ0v) is 11.7. The molecule has 1 saturated carbocycles. The lowest BCUT2D eigenvalue weighted by Crippen LogP contribution is -2.15. The van der Waals surface area contributed by atoms with E-state index in [1.807, 2.05) is 12.1 Å². The van der Waals surface area contributed by atoms with Crippen LogP contribution in [-0.2, 0) is 13.2 Å². The highest BCUT2D eigenvalue weighted by atomic mass is 19.1. The van der Waals surface area contributed by atoms with E-state index in [9.17, 15) is 9.50 Å². The first-order valence-corrected chi connectivity index (χ1v) is 7.12. The summed E-state index contributed by atoms with van der Waals surface area (Å²) in [4.78, 5) is 0. The fraction of sp³-hybridized carbons (Fsp3) is 0.294. The molecule has 0 amide bonds. The highest BCUT2D eigenvalue weighted by Crippen LogP contribution is 2.22. The quantitative estimate of drug-likeness (QED) is 0.856. The lowest BCUT2D eigenvalue weighted by molar-refractivity contribution is 0.303. The maximum absolute atomic E-state index is 13.6. The zero-order valence-electron chi connectivity index (χ0n) is 11.7. The maximum Gasteiger partial charge on any atom is 0.127 e. The van der Waals surface area contributed by atoms with Crippen molar-refractivity contribution in [3.05, 3.63) is 59.4 Å². The Morgan fingerprint density at radius 1 is 1.14 bits per heavy atom. The Balaban J connectivity index is 1.63. The standard InChI is InChI=1S/C17H18FNO2/c18-14-6-13(10-19-15-4-5-15)8-17(9-14)21-11-12-2-1-3-16(20)7-12/h1-3,6-9,15,19-20H,4-5,10-11H2. The summed E-state index contributed by atoms with van der Waals surface area (Å²) in [5.41, 5.74) is 1.73. The molecule has 0 aromatic heterocycles. The van der Waals surface area contributed by atoms with Crippen LogP contribution < -0.4 is 10.1 Å². The van der Waals surface area contributed by atoms with Crippen molar-refractivity contribution in [1.29, 1.82) is 0 Å². The molecule has 0 heterocycles. The van der Waals surface area contributed by atoms with E-state index in [2.05, 4.69) is 5.32 Å².